The summed E-state index contributed by atoms with van der Waals surface area (Å²) < 4.78 is 75.8. The summed E-state index contributed by atoms with van der Waals surface area (Å²) >= 11 is 3.37. The Balaban J connectivity index is 1.70. The number of nitrogens with one attached hydrogen (secondary N) is 1. The summed E-state index contributed by atoms with van der Waals surface area (Å²) in [5.74, 6) is -5.12. The lowest BCUT2D eigenvalue weighted by Crippen LogP contribution is -2.30. The highest BCUT2D eigenvalue weighted by atomic mass is 79.9. The number of halogens is 5. The molecule has 6 nitrogen and oxygen atoms in total. The predicted molar refractivity (Wildman–Crippen MR) is 138 cm³/mol. The number of benzene rings is 3. The molecule has 1 heterocycles. The number of anilines is 1. The van der Waals surface area contributed by atoms with Crippen LogP contribution in [-0.2, 0) is 9.84 Å². The maximum atomic E-state index is 14.8. The summed E-state index contributed by atoms with van der Waals surface area (Å²) in [4.78, 5) is 30.2. The first kappa shape index (κ1) is 27.4. The molecule has 0 spiro atoms. The van der Waals surface area contributed by atoms with E-state index in [0.29, 0.717) is 32.7 Å². The summed E-state index contributed by atoms with van der Waals surface area (Å²) in [6.45, 7) is 1.70. The molecule has 0 radical (unpaired) electrons. The number of hydrogen-bond acceptors (Lipinski definition) is 5. The molecule has 0 atom stereocenters. The van der Waals surface area contributed by atoms with Gasteiger partial charge in [-0.05, 0) is 48.9 Å². The summed E-state index contributed by atoms with van der Waals surface area (Å²) in [7, 11) is -5.73. The molecule has 0 saturated carbocycles. The number of hydrogen-bond donors (Lipinski definition) is 1. The number of aromatic nitrogens is 1. The molecular weight excluding hydrogens is 592 g/mol. The number of amides is 1. The fraction of sp³-hybridized carbons (Fsp3) is 0.115. The van der Waals surface area contributed by atoms with Crippen molar-refractivity contribution in [2.45, 2.75) is 12.4 Å². The number of nitrogens with zero attached hydrogens (tertiary/aromatic N) is 1. The van der Waals surface area contributed by atoms with Crippen molar-refractivity contribution in [1.82, 2.24) is 4.98 Å². The molecule has 0 saturated heterocycles. The van der Waals surface area contributed by atoms with Crippen LogP contribution in [0, 0.1) is 12.7 Å². The zero-order valence-corrected chi connectivity index (χ0v) is 21.8. The van der Waals surface area contributed by atoms with Crippen molar-refractivity contribution < 1.29 is 35.6 Å². The second-order valence-corrected chi connectivity index (χ2v) is 11.2. The molecule has 4 rings (SSSR count). The molecule has 0 bridgehead atoms. The van der Waals surface area contributed by atoms with Crippen molar-refractivity contribution in [2.75, 3.05) is 11.1 Å². The third-order valence-electron chi connectivity index (χ3n) is 5.68. The lowest BCUT2D eigenvalue weighted by molar-refractivity contribution is -0.0434. The molecular formula is C26H17BrF4N2O4S. The smallest absolute Gasteiger partial charge is 0.319 e. The second-order valence-electron chi connectivity index (χ2n) is 8.26. The van der Waals surface area contributed by atoms with Crippen LogP contribution in [0.2, 0.25) is 0 Å². The van der Waals surface area contributed by atoms with E-state index in [4.69, 9.17) is 0 Å². The molecule has 12 heteroatoms. The van der Waals surface area contributed by atoms with Crippen LogP contribution in [0.5, 0.6) is 0 Å². The van der Waals surface area contributed by atoms with Gasteiger partial charge in [0, 0.05) is 21.0 Å². The summed E-state index contributed by atoms with van der Waals surface area (Å²) in [5, 5.41) is 2.91. The molecule has 0 aliphatic carbocycles. The van der Waals surface area contributed by atoms with Gasteiger partial charge in [0.1, 0.15) is 11.6 Å². The first-order valence-electron chi connectivity index (χ1n) is 10.9. The quantitative estimate of drug-likeness (QED) is 0.200. The van der Waals surface area contributed by atoms with Crippen LogP contribution in [0.4, 0.5) is 23.2 Å². The average Bonchev–Trinajstić information content (AvgIpc) is 2.84. The van der Waals surface area contributed by atoms with Gasteiger partial charge in [-0.25, -0.2) is 17.8 Å². The van der Waals surface area contributed by atoms with Gasteiger partial charge in [0.05, 0.1) is 22.5 Å². The zero-order valence-electron chi connectivity index (χ0n) is 19.4. The molecule has 3 aromatic carbocycles. The van der Waals surface area contributed by atoms with Crippen molar-refractivity contribution >= 4 is 54.0 Å². The lowest BCUT2D eigenvalue weighted by atomic mass is 9.97. The number of Topliss-reactive ketones (excluding diaryl/α,β-unsaturated/α-hetero) is 1. The number of pyridine rings is 1. The highest BCUT2D eigenvalue weighted by Crippen LogP contribution is 2.32. The number of rotatable bonds is 6. The third-order valence-corrected chi connectivity index (χ3v) is 7.52. The highest BCUT2D eigenvalue weighted by molar-refractivity contribution is 9.10. The minimum atomic E-state index is -5.73. The van der Waals surface area contributed by atoms with E-state index < -0.39 is 44.2 Å². The SMILES string of the molecule is Cc1c(-c2ccccc2)nc2ccc(Br)cc2c1C(=O)Nc1ccc(C(=O)CS(=O)(=O)C(F)(F)F)cc1F. The van der Waals surface area contributed by atoms with Gasteiger partial charge in [0.2, 0.25) is 0 Å². The fourth-order valence-electron chi connectivity index (χ4n) is 3.81. The van der Waals surface area contributed by atoms with Gasteiger partial charge in [0.25, 0.3) is 15.7 Å². The van der Waals surface area contributed by atoms with Crippen LogP contribution < -0.4 is 5.32 Å². The number of carbonyl (C=O) groups is 2. The second kappa shape index (κ2) is 10.3. The molecule has 1 N–H and O–H groups in total. The van der Waals surface area contributed by atoms with Gasteiger partial charge < -0.3 is 5.32 Å². The average molecular weight is 609 g/mol. The van der Waals surface area contributed by atoms with Crippen LogP contribution in [0.1, 0.15) is 26.3 Å². The maximum Gasteiger partial charge on any atom is 0.497 e. The standard InChI is InChI=1S/C26H17BrF4N2O4S/c1-14-23(18-12-17(27)8-10-20(18)32-24(14)15-5-3-2-4-6-15)25(35)33-21-9-7-16(11-19(21)28)22(34)13-38(36,37)26(29,30)31/h2-12H,13H2,1H3,(H,33,35). The van der Waals surface area contributed by atoms with Crippen molar-refractivity contribution in [1.29, 1.82) is 0 Å². The van der Waals surface area contributed by atoms with Crippen LogP contribution in [0.3, 0.4) is 0 Å². The number of alkyl halides is 3. The van der Waals surface area contributed by atoms with Gasteiger partial charge in [-0.1, -0.05) is 46.3 Å². The molecule has 1 amide bonds. The molecule has 1 aromatic heterocycles. The number of fused-ring (bicyclic) bond motifs is 1. The predicted octanol–water partition coefficient (Wildman–Crippen LogP) is 6.48. The number of sulfone groups is 1. The van der Waals surface area contributed by atoms with E-state index in [1.54, 1.807) is 25.1 Å². The Bertz CT molecular complexity index is 1690. The lowest BCUT2D eigenvalue weighted by Gasteiger charge is -2.16. The Morgan fingerprint density at radius 3 is 2.32 bits per heavy atom. The van der Waals surface area contributed by atoms with Crippen molar-refractivity contribution in [3.8, 4) is 11.3 Å². The van der Waals surface area contributed by atoms with E-state index in [1.807, 2.05) is 30.3 Å². The van der Waals surface area contributed by atoms with E-state index in [1.165, 1.54) is 0 Å². The Labute approximate surface area is 222 Å². The first-order chi connectivity index (χ1) is 17.8. The zero-order chi connectivity index (χ0) is 27.8. The Morgan fingerprint density at radius 2 is 1.68 bits per heavy atom. The van der Waals surface area contributed by atoms with E-state index in [0.717, 1.165) is 17.7 Å². The Kier molecular flexibility index (Phi) is 7.39. The Morgan fingerprint density at radius 1 is 1.00 bits per heavy atom. The molecule has 0 fully saturated rings. The first-order valence-corrected chi connectivity index (χ1v) is 13.3. The summed E-state index contributed by atoms with van der Waals surface area (Å²) in [6.07, 6.45) is 0. The molecule has 4 aromatic rings. The van der Waals surface area contributed by atoms with E-state index in [2.05, 4.69) is 26.2 Å². The van der Waals surface area contributed by atoms with Gasteiger partial charge in [0.15, 0.2) is 5.78 Å². The van der Waals surface area contributed by atoms with Crippen LogP contribution in [0.25, 0.3) is 22.2 Å². The van der Waals surface area contributed by atoms with E-state index in [9.17, 15) is 35.6 Å². The van der Waals surface area contributed by atoms with Crippen molar-refractivity contribution in [2.24, 2.45) is 0 Å². The van der Waals surface area contributed by atoms with Crippen LogP contribution in [0.15, 0.2) is 71.2 Å². The van der Waals surface area contributed by atoms with E-state index >= 15 is 0 Å². The minimum Gasteiger partial charge on any atom is -0.319 e. The van der Waals surface area contributed by atoms with Crippen LogP contribution in [-0.4, -0.2) is 36.4 Å². The third kappa shape index (κ3) is 5.46. The molecule has 0 unspecified atom stereocenters. The summed E-state index contributed by atoms with van der Waals surface area (Å²) in [5.41, 5.74) is -4.03. The molecule has 38 heavy (non-hydrogen) atoms. The highest BCUT2D eigenvalue weighted by Gasteiger charge is 2.46. The number of ketones is 1. The van der Waals surface area contributed by atoms with Gasteiger partial charge in [-0.3, -0.25) is 9.59 Å². The van der Waals surface area contributed by atoms with Gasteiger partial charge >= 0.3 is 5.51 Å². The topological polar surface area (TPSA) is 93.2 Å². The van der Waals surface area contributed by atoms with Crippen molar-refractivity contribution in [3.63, 3.8) is 0 Å². The molecule has 0 aliphatic rings. The maximum absolute atomic E-state index is 14.8. The Hall–Kier alpha value is -3.64. The van der Waals surface area contributed by atoms with Gasteiger partial charge in [-0.2, -0.15) is 13.2 Å². The minimum absolute atomic E-state index is 0.214. The molecule has 0 aliphatic heterocycles. The normalized spacial score (nSPS) is 11.9. The number of carbonyl (C=O) groups excluding carboxylic acids is 2. The molecule has 196 valence electrons. The van der Waals surface area contributed by atoms with E-state index in [-0.39, 0.29) is 11.3 Å². The van der Waals surface area contributed by atoms with Crippen LogP contribution >= 0.6 is 15.9 Å². The van der Waals surface area contributed by atoms with Crippen molar-refractivity contribution in [3.05, 3.63) is 93.7 Å². The monoisotopic (exact) mass is 608 g/mol. The summed E-state index contributed by atoms with van der Waals surface area (Å²) in [6, 6.07) is 16.8. The van der Waals surface area contributed by atoms with Gasteiger partial charge in [-0.15, -0.1) is 0 Å². The fourth-order valence-corrected chi connectivity index (χ4v) is 4.85. The largest absolute Gasteiger partial charge is 0.497 e.